The average molecular weight is 482 g/mol. The molecular formula is C20H20ClN3O5S2. The first kappa shape index (κ1) is 23.0. The van der Waals surface area contributed by atoms with Gasteiger partial charge in [0.05, 0.1) is 24.9 Å². The molecule has 0 saturated heterocycles. The fraction of sp³-hybridized carbons (Fsp3) is 0.200. The molecule has 164 valence electrons. The summed E-state index contributed by atoms with van der Waals surface area (Å²) < 4.78 is 37.5. The number of halogens is 1. The number of carbonyl (C=O) groups excluding carboxylic acids is 1. The number of hydrogen-bond acceptors (Lipinski definition) is 7. The van der Waals surface area contributed by atoms with Crippen LogP contribution in [0.1, 0.15) is 6.42 Å². The number of thiazole rings is 1. The summed E-state index contributed by atoms with van der Waals surface area (Å²) in [6.45, 7) is -0.0761. The summed E-state index contributed by atoms with van der Waals surface area (Å²) in [7, 11) is -0.693. The first-order valence-corrected chi connectivity index (χ1v) is 11.8. The Morgan fingerprint density at radius 2 is 1.87 bits per heavy atom. The van der Waals surface area contributed by atoms with Crippen molar-refractivity contribution in [1.29, 1.82) is 0 Å². The quantitative estimate of drug-likeness (QED) is 0.481. The van der Waals surface area contributed by atoms with Crippen molar-refractivity contribution >= 4 is 44.0 Å². The van der Waals surface area contributed by atoms with Gasteiger partial charge in [-0.3, -0.25) is 4.79 Å². The molecule has 1 amide bonds. The lowest BCUT2D eigenvalue weighted by molar-refractivity contribution is -0.116. The maximum atomic E-state index is 12.3. The van der Waals surface area contributed by atoms with Crippen LogP contribution in [0.3, 0.4) is 0 Å². The summed E-state index contributed by atoms with van der Waals surface area (Å²) in [5.41, 5.74) is 1.47. The van der Waals surface area contributed by atoms with Crippen molar-refractivity contribution in [3.63, 3.8) is 0 Å². The van der Waals surface area contributed by atoms with Gasteiger partial charge in [-0.15, -0.1) is 11.3 Å². The number of rotatable bonds is 9. The highest BCUT2D eigenvalue weighted by Gasteiger charge is 2.17. The van der Waals surface area contributed by atoms with Crippen molar-refractivity contribution in [2.24, 2.45) is 0 Å². The summed E-state index contributed by atoms with van der Waals surface area (Å²) in [6.07, 6.45) is -0.0606. The van der Waals surface area contributed by atoms with E-state index >= 15 is 0 Å². The Balaban J connectivity index is 1.57. The van der Waals surface area contributed by atoms with E-state index in [9.17, 15) is 13.2 Å². The predicted octanol–water partition coefficient (Wildman–Crippen LogP) is 3.79. The molecule has 2 N–H and O–H groups in total. The monoisotopic (exact) mass is 481 g/mol. The minimum Gasteiger partial charge on any atom is -0.493 e. The number of benzene rings is 2. The first-order valence-electron chi connectivity index (χ1n) is 9.06. The molecule has 1 heterocycles. The highest BCUT2D eigenvalue weighted by molar-refractivity contribution is 7.89. The van der Waals surface area contributed by atoms with Crippen LogP contribution < -0.4 is 19.5 Å². The predicted molar refractivity (Wildman–Crippen MR) is 121 cm³/mol. The molecule has 0 aliphatic rings. The number of aromatic nitrogens is 1. The second-order valence-corrected chi connectivity index (χ2v) is 9.23. The number of sulfonamides is 1. The first-order chi connectivity index (χ1) is 14.8. The zero-order valence-corrected chi connectivity index (χ0v) is 19.1. The highest BCUT2D eigenvalue weighted by Crippen LogP contribution is 2.33. The van der Waals surface area contributed by atoms with Gasteiger partial charge in [0.15, 0.2) is 16.6 Å². The summed E-state index contributed by atoms with van der Waals surface area (Å²) in [5.74, 6) is 0.814. The normalized spacial score (nSPS) is 11.2. The van der Waals surface area contributed by atoms with E-state index < -0.39 is 10.0 Å². The number of methoxy groups -OCH3 is 2. The van der Waals surface area contributed by atoms with Crippen molar-refractivity contribution in [2.45, 2.75) is 11.3 Å². The number of ether oxygens (including phenoxy) is 2. The van der Waals surface area contributed by atoms with Crippen molar-refractivity contribution < 1.29 is 22.7 Å². The van der Waals surface area contributed by atoms with E-state index in [2.05, 4.69) is 15.0 Å². The lowest BCUT2D eigenvalue weighted by atomic mass is 10.1. The van der Waals surface area contributed by atoms with Gasteiger partial charge in [0.1, 0.15) is 4.90 Å². The van der Waals surface area contributed by atoms with E-state index in [1.165, 1.54) is 23.5 Å². The molecule has 0 spiro atoms. The van der Waals surface area contributed by atoms with E-state index in [0.717, 1.165) is 5.56 Å². The van der Waals surface area contributed by atoms with Crippen LogP contribution in [0, 0.1) is 0 Å². The van der Waals surface area contributed by atoms with Gasteiger partial charge in [-0.1, -0.05) is 23.7 Å². The van der Waals surface area contributed by atoms with Gasteiger partial charge in [-0.25, -0.2) is 18.1 Å². The fourth-order valence-electron chi connectivity index (χ4n) is 2.68. The summed E-state index contributed by atoms with van der Waals surface area (Å²) in [6, 6.07) is 11.5. The molecule has 0 fully saturated rings. The van der Waals surface area contributed by atoms with Gasteiger partial charge >= 0.3 is 0 Å². The number of nitrogens with zero attached hydrogens (tertiary/aromatic N) is 1. The SMILES string of the molecule is COc1ccc(-c2csc(NC(=O)CCNS(=O)(=O)c3ccccc3Cl)n2)cc1OC. The Kier molecular flexibility index (Phi) is 7.50. The third-order valence-electron chi connectivity index (χ3n) is 4.20. The maximum Gasteiger partial charge on any atom is 0.242 e. The molecule has 2 aromatic carbocycles. The van der Waals surface area contributed by atoms with Gasteiger partial charge in [-0.2, -0.15) is 0 Å². The van der Waals surface area contributed by atoms with Gasteiger partial charge in [0.2, 0.25) is 15.9 Å². The number of amides is 1. The third-order valence-corrected chi connectivity index (χ3v) is 6.92. The Bertz CT molecular complexity index is 1180. The number of nitrogens with one attached hydrogen (secondary N) is 2. The van der Waals surface area contributed by atoms with Gasteiger partial charge in [0.25, 0.3) is 0 Å². The van der Waals surface area contributed by atoms with E-state index in [-0.39, 0.29) is 28.8 Å². The molecule has 31 heavy (non-hydrogen) atoms. The summed E-state index contributed by atoms with van der Waals surface area (Å²) in [5, 5.41) is 5.00. The molecule has 11 heteroatoms. The lowest BCUT2D eigenvalue weighted by Gasteiger charge is -2.08. The van der Waals surface area contributed by atoms with Gasteiger partial charge in [-0.05, 0) is 30.3 Å². The van der Waals surface area contributed by atoms with Crippen LogP contribution in [0.15, 0.2) is 52.7 Å². The molecule has 0 atom stereocenters. The molecule has 0 unspecified atom stereocenters. The number of hydrogen-bond donors (Lipinski definition) is 2. The molecule has 0 aliphatic carbocycles. The smallest absolute Gasteiger partial charge is 0.242 e. The Morgan fingerprint density at radius 3 is 2.58 bits per heavy atom. The third kappa shape index (κ3) is 5.73. The second-order valence-electron chi connectivity index (χ2n) is 6.23. The lowest BCUT2D eigenvalue weighted by Crippen LogP contribution is -2.28. The molecule has 1 aromatic heterocycles. The minimum atomic E-state index is -3.80. The summed E-state index contributed by atoms with van der Waals surface area (Å²) in [4.78, 5) is 16.6. The Morgan fingerprint density at radius 1 is 1.13 bits per heavy atom. The van der Waals surface area contributed by atoms with Gasteiger partial charge in [0, 0.05) is 23.9 Å². The van der Waals surface area contributed by atoms with Crippen LogP contribution >= 0.6 is 22.9 Å². The molecular weight excluding hydrogens is 462 g/mol. The topological polar surface area (TPSA) is 107 Å². The minimum absolute atomic E-state index is 0.0310. The van der Waals surface area contributed by atoms with E-state index in [1.54, 1.807) is 43.9 Å². The van der Waals surface area contributed by atoms with E-state index in [0.29, 0.717) is 22.3 Å². The van der Waals surface area contributed by atoms with Crippen molar-refractivity contribution in [2.75, 3.05) is 26.1 Å². The standard InChI is InChI=1S/C20H20ClN3O5S2/c1-28-16-8-7-13(11-17(16)29-2)15-12-30-20(23-15)24-19(25)9-10-22-31(26,27)18-6-4-3-5-14(18)21/h3-8,11-12,22H,9-10H2,1-2H3,(H,23,24,25). The molecule has 3 rings (SSSR count). The molecule has 0 bridgehead atoms. The maximum absolute atomic E-state index is 12.3. The highest BCUT2D eigenvalue weighted by atomic mass is 35.5. The second kappa shape index (κ2) is 10.1. The molecule has 0 radical (unpaired) electrons. The zero-order chi connectivity index (χ0) is 22.4. The number of carbonyl (C=O) groups is 1. The Labute approximate surface area is 189 Å². The molecule has 0 saturated carbocycles. The van der Waals surface area contributed by atoms with Crippen LogP contribution in [0.4, 0.5) is 5.13 Å². The van der Waals surface area contributed by atoms with Crippen LogP contribution in [-0.2, 0) is 14.8 Å². The van der Waals surface area contributed by atoms with E-state index in [4.69, 9.17) is 21.1 Å². The Hall–Kier alpha value is -2.66. The zero-order valence-electron chi connectivity index (χ0n) is 16.7. The van der Waals surface area contributed by atoms with Crippen LogP contribution in [0.5, 0.6) is 11.5 Å². The largest absolute Gasteiger partial charge is 0.493 e. The van der Waals surface area contributed by atoms with Crippen molar-refractivity contribution in [3.05, 3.63) is 52.9 Å². The molecule has 8 nitrogen and oxygen atoms in total. The number of anilines is 1. The van der Waals surface area contributed by atoms with Crippen LogP contribution in [-0.4, -0.2) is 40.1 Å². The van der Waals surface area contributed by atoms with Gasteiger partial charge < -0.3 is 14.8 Å². The van der Waals surface area contributed by atoms with E-state index in [1.807, 2.05) is 6.07 Å². The van der Waals surface area contributed by atoms with Crippen LogP contribution in [0.2, 0.25) is 5.02 Å². The van der Waals surface area contributed by atoms with Crippen molar-refractivity contribution in [3.8, 4) is 22.8 Å². The van der Waals surface area contributed by atoms with Crippen molar-refractivity contribution in [1.82, 2.24) is 9.71 Å². The average Bonchev–Trinajstić information content (AvgIpc) is 3.21. The fourth-order valence-corrected chi connectivity index (χ4v) is 4.97. The molecule has 0 aliphatic heterocycles. The van der Waals surface area contributed by atoms with Crippen LogP contribution in [0.25, 0.3) is 11.3 Å². The molecule has 3 aromatic rings. The summed E-state index contributed by atoms with van der Waals surface area (Å²) >= 11 is 7.19.